The Morgan fingerprint density at radius 3 is 0.755 bits per heavy atom. The number of aromatic nitrogens is 2. The van der Waals surface area contributed by atoms with E-state index >= 15 is 19.2 Å². The van der Waals surface area contributed by atoms with Gasteiger partial charge in [-0.15, -0.1) is 0 Å². The van der Waals surface area contributed by atoms with Crippen LogP contribution in [0.4, 0.5) is 0 Å². The fourth-order valence-corrected chi connectivity index (χ4v) is 13.0. The molecule has 0 fully saturated rings. The molecule has 4 N–H and O–H groups in total. The van der Waals surface area contributed by atoms with E-state index in [1.165, 1.54) is 36.4 Å². The molecule has 0 saturated heterocycles. The topological polar surface area (TPSA) is 187 Å². The monoisotopic (exact) mass is 1280 g/mol. The van der Waals surface area contributed by atoms with Crippen LogP contribution in [0.15, 0.2) is 291 Å². The van der Waals surface area contributed by atoms with Gasteiger partial charge in [-0.1, -0.05) is 243 Å². The number of benzene rings is 11. The molecule has 13 aromatic rings. The highest BCUT2D eigenvalue weighted by Gasteiger charge is 2.33. The number of nitrogens with zero attached hydrogens (tertiary/aromatic N) is 4. The van der Waals surface area contributed by atoms with Gasteiger partial charge in [-0.2, -0.15) is 0 Å². The summed E-state index contributed by atoms with van der Waals surface area (Å²) >= 11 is 0. The summed E-state index contributed by atoms with van der Waals surface area (Å²) in [5, 5.41) is 1.19. The van der Waals surface area contributed by atoms with Crippen LogP contribution in [0.25, 0.3) is 66.3 Å². The SMILES string of the molecule is C[C@H](c1ccc(-c2ccccc2)cc1)N(C(=O)c1cc(C(N)=O)cc(C(=O)c2ccc3ccc4ccc(C(=O)c5cc(C(N)=O)cc(C(=O)N([C@H](C)c6ccc(-c7ccccc7)cc6)[C@H](C)c6ccc(-c7ccccc7)cc6)c5)nc4c3n2)c1)[C@H](C)c1ccc(-c2ccccc2)cc1. The molecule has 0 radical (unpaired) electrons. The minimum atomic E-state index is -0.845. The van der Waals surface area contributed by atoms with E-state index in [4.69, 9.17) is 21.4 Å². The number of hydrogen-bond donors (Lipinski definition) is 2. The third kappa shape index (κ3) is 13.3. The van der Waals surface area contributed by atoms with E-state index in [9.17, 15) is 9.59 Å². The first-order chi connectivity index (χ1) is 47.5. The van der Waals surface area contributed by atoms with Crippen LogP contribution >= 0.6 is 0 Å². The number of amides is 4. The average molecular weight is 1280 g/mol. The molecule has 13 rings (SSSR count). The van der Waals surface area contributed by atoms with Crippen LogP contribution in [0, 0.1) is 0 Å². The molecule has 12 nitrogen and oxygen atoms in total. The Labute approximate surface area is 568 Å². The molecule has 12 heteroatoms. The zero-order valence-corrected chi connectivity index (χ0v) is 54.4. The van der Waals surface area contributed by atoms with Crippen molar-refractivity contribution in [3.63, 3.8) is 0 Å². The van der Waals surface area contributed by atoms with Crippen molar-refractivity contribution in [1.82, 2.24) is 19.8 Å². The third-order valence-electron chi connectivity index (χ3n) is 18.6. The standard InChI is InChI=1S/C86H68N6O6/c1-53(57-25-33-65(34-26-57)61-17-9-5-10-18-61)91(54(2)58-27-35-66(36-28-58)62-19-11-6-12-20-62)85(97)75-49-71(47-73(51-75)83(87)95)81(93)77-45-43-69-41-42-70-44-46-78(90-80(70)79(69)89-77)82(94)72-48-74(84(88)96)52-76(50-72)86(98)92(55(3)59-29-37-67(38-30-59)63-21-13-7-14-22-63)56(4)60-31-39-68(40-32-60)64-23-15-8-16-24-64/h5-56H,1-4H3,(H2,87,95)(H2,88,96)/t53-,54-,55-,56-/m1/s1. The van der Waals surface area contributed by atoms with Crippen LogP contribution in [0.5, 0.6) is 0 Å². The Bertz CT molecular complexity index is 4660. The molecular formula is C86H68N6O6. The quantitative estimate of drug-likeness (QED) is 0.0557. The first kappa shape index (κ1) is 64.2. The maximum Gasteiger partial charge on any atom is 0.254 e. The second-order valence-electron chi connectivity index (χ2n) is 24.7. The highest BCUT2D eigenvalue weighted by molar-refractivity contribution is 6.15. The van der Waals surface area contributed by atoms with Crippen molar-refractivity contribution >= 4 is 57.0 Å². The van der Waals surface area contributed by atoms with Crippen molar-refractivity contribution in [3.8, 4) is 44.5 Å². The van der Waals surface area contributed by atoms with Gasteiger partial charge in [0.15, 0.2) is 0 Å². The van der Waals surface area contributed by atoms with Crippen molar-refractivity contribution in [2.45, 2.75) is 51.9 Å². The smallest absolute Gasteiger partial charge is 0.254 e. The lowest BCUT2D eigenvalue weighted by Gasteiger charge is -2.36. The summed E-state index contributed by atoms with van der Waals surface area (Å²) in [6.07, 6.45) is 0. The van der Waals surface area contributed by atoms with Crippen LogP contribution in [0.1, 0.15) is 148 Å². The fourth-order valence-electron chi connectivity index (χ4n) is 13.0. The number of nitrogens with two attached hydrogens (primary N) is 2. The molecule has 0 bridgehead atoms. The van der Waals surface area contributed by atoms with Gasteiger partial charge in [-0.05, 0) is 143 Å². The minimum absolute atomic E-state index is 0.00999. The molecule has 478 valence electrons. The maximum atomic E-state index is 15.5. The summed E-state index contributed by atoms with van der Waals surface area (Å²) in [6, 6.07) is 89.0. The number of rotatable bonds is 20. The fraction of sp³-hybridized carbons (Fsp3) is 0.0930. The van der Waals surface area contributed by atoms with Gasteiger partial charge in [0.05, 0.1) is 35.2 Å². The molecule has 0 saturated carbocycles. The Balaban J connectivity index is 0.828. The zero-order valence-electron chi connectivity index (χ0n) is 54.4. The van der Waals surface area contributed by atoms with Crippen molar-refractivity contribution in [2.75, 3.05) is 0 Å². The lowest BCUT2D eigenvalue weighted by atomic mass is 9.95. The molecule has 0 unspecified atom stereocenters. The Morgan fingerprint density at radius 2 is 0.500 bits per heavy atom. The van der Waals surface area contributed by atoms with Gasteiger partial charge in [0.25, 0.3) is 11.8 Å². The molecule has 0 aliphatic carbocycles. The van der Waals surface area contributed by atoms with E-state index in [1.54, 1.807) is 34.1 Å². The van der Waals surface area contributed by atoms with Crippen LogP contribution in [-0.2, 0) is 0 Å². The van der Waals surface area contributed by atoms with Gasteiger partial charge in [0.1, 0.15) is 11.4 Å². The number of ketones is 2. The molecule has 4 atom stereocenters. The number of hydrogen-bond acceptors (Lipinski definition) is 8. The number of carbonyl (C=O) groups is 6. The van der Waals surface area contributed by atoms with E-state index < -0.39 is 59.4 Å². The normalized spacial score (nSPS) is 12.4. The molecule has 0 aliphatic heterocycles. The van der Waals surface area contributed by atoms with Gasteiger partial charge in [-0.25, -0.2) is 9.97 Å². The van der Waals surface area contributed by atoms with Crippen molar-refractivity contribution in [3.05, 3.63) is 358 Å². The van der Waals surface area contributed by atoms with Gasteiger partial charge >= 0.3 is 0 Å². The molecule has 4 amide bonds. The number of carbonyl (C=O) groups excluding carboxylic acids is 6. The van der Waals surface area contributed by atoms with E-state index in [0.29, 0.717) is 10.8 Å². The van der Waals surface area contributed by atoms with Crippen LogP contribution in [0.2, 0.25) is 0 Å². The number of primary amides is 2. The Hall–Kier alpha value is -12.5. The van der Waals surface area contributed by atoms with Crippen molar-refractivity contribution < 1.29 is 28.8 Å². The van der Waals surface area contributed by atoms with Crippen molar-refractivity contribution in [2.24, 2.45) is 11.5 Å². The largest absolute Gasteiger partial charge is 0.366 e. The molecule has 98 heavy (non-hydrogen) atoms. The average Bonchev–Trinajstić information content (AvgIpc) is 0.779. The maximum absolute atomic E-state index is 15.5. The van der Waals surface area contributed by atoms with E-state index in [2.05, 4.69) is 0 Å². The van der Waals surface area contributed by atoms with Gasteiger partial charge in [0.2, 0.25) is 23.4 Å². The van der Waals surface area contributed by atoms with Gasteiger partial charge in [-0.3, -0.25) is 28.8 Å². The minimum Gasteiger partial charge on any atom is -0.366 e. The molecule has 2 aromatic heterocycles. The first-order valence-corrected chi connectivity index (χ1v) is 32.5. The summed E-state index contributed by atoms with van der Waals surface area (Å²) in [5.74, 6) is -3.81. The molecule has 2 heterocycles. The van der Waals surface area contributed by atoms with Crippen LogP contribution in [-0.4, -0.2) is 55.0 Å². The van der Waals surface area contributed by atoms with Gasteiger partial charge < -0.3 is 21.3 Å². The van der Waals surface area contributed by atoms with E-state index in [1.807, 2.05) is 258 Å². The zero-order chi connectivity index (χ0) is 68.1. The second kappa shape index (κ2) is 27.8. The Kier molecular flexibility index (Phi) is 18.2. The predicted octanol–water partition coefficient (Wildman–Crippen LogP) is 18.0. The van der Waals surface area contributed by atoms with Crippen LogP contribution < -0.4 is 11.5 Å². The highest BCUT2D eigenvalue weighted by atomic mass is 16.2. The summed E-state index contributed by atoms with van der Waals surface area (Å²) in [6.45, 7) is 7.83. The van der Waals surface area contributed by atoms with Crippen LogP contribution in [0.3, 0.4) is 0 Å². The summed E-state index contributed by atoms with van der Waals surface area (Å²) in [4.78, 5) is 101. The second-order valence-corrected chi connectivity index (χ2v) is 24.7. The van der Waals surface area contributed by atoms with Crippen molar-refractivity contribution in [1.29, 1.82) is 0 Å². The van der Waals surface area contributed by atoms with E-state index in [-0.39, 0.29) is 55.8 Å². The molecule has 11 aromatic carbocycles. The lowest BCUT2D eigenvalue weighted by Crippen LogP contribution is -2.36. The Morgan fingerprint density at radius 1 is 0.276 bits per heavy atom. The predicted molar refractivity (Wildman–Crippen MR) is 387 cm³/mol. The van der Waals surface area contributed by atoms with Gasteiger partial charge in [0, 0.05) is 44.2 Å². The summed E-state index contributed by atoms with van der Waals surface area (Å²) < 4.78 is 0. The summed E-state index contributed by atoms with van der Waals surface area (Å²) in [7, 11) is 0. The third-order valence-corrected chi connectivity index (χ3v) is 18.6. The molecule has 0 spiro atoms. The lowest BCUT2D eigenvalue weighted by molar-refractivity contribution is 0.0596. The van der Waals surface area contributed by atoms with E-state index in [0.717, 1.165) is 66.8 Å². The number of fused-ring (bicyclic) bond motifs is 3. The molecule has 0 aliphatic rings. The number of pyridine rings is 2. The first-order valence-electron chi connectivity index (χ1n) is 32.5. The highest BCUT2D eigenvalue weighted by Crippen LogP contribution is 2.38. The summed E-state index contributed by atoms with van der Waals surface area (Å²) in [5.41, 5.74) is 24.2. The molecular weight excluding hydrogens is 1210 g/mol.